The number of benzene rings is 1. The van der Waals surface area contributed by atoms with Gasteiger partial charge in [-0.25, -0.2) is 0 Å². The van der Waals surface area contributed by atoms with Crippen LogP contribution < -0.4 is 0 Å². The van der Waals surface area contributed by atoms with Gasteiger partial charge >= 0.3 is 0 Å². The second-order valence-corrected chi connectivity index (χ2v) is 5.20. The second-order valence-electron chi connectivity index (χ2n) is 5.20. The average molecular weight is 310 g/mol. The van der Waals surface area contributed by atoms with Crippen molar-refractivity contribution >= 4 is 11.4 Å². The molecule has 0 spiro atoms. The zero-order chi connectivity index (χ0) is 16.7. The van der Waals surface area contributed by atoms with E-state index in [4.69, 9.17) is 9.47 Å². The first-order valence-corrected chi connectivity index (χ1v) is 7.63. The fourth-order valence-corrected chi connectivity index (χ4v) is 2.61. The number of ketones is 1. The predicted octanol–water partition coefficient (Wildman–Crippen LogP) is 3.95. The number of carbonyl (C=O) groups excluding carboxylic acids is 1. The highest BCUT2D eigenvalue weighted by molar-refractivity contribution is 6.24. The summed E-state index contributed by atoms with van der Waals surface area (Å²) in [5.74, 6) is 0.266. The van der Waals surface area contributed by atoms with Crippen molar-refractivity contribution < 1.29 is 14.3 Å². The molecular weight excluding hydrogens is 288 g/mol. The molecule has 1 aliphatic heterocycles. The number of ether oxygens (including phenoxy) is 2. The molecule has 0 amide bonds. The van der Waals surface area contributed by atoms with Crippen molar-refractivity contribution in [2.75, 3.05) is 20.3 Å². The summed E-state index contributed by atoms with van der Waals surface area (Å²) in [6, 6.07) is 9.57. The molecule has 0 fully saturated rings. The van der Waals surface area contributed by atoms with Gasteiger partial charge < -0.3 is 9.47 Å². The van der Waals surface area contributed by atoms with Crippen LogP contribution in [0.25, 0.3) is 5.57 Å². The second kappa shape index (κ2) is 8.30. The predicted molar refractivity (Wildman–Crippen MR) is 92.8 cm³/mol. The summed E-state index contributed by atoms with van der Waals surface area (Å²) in [6.45, 7) is 6.47. The molecule has 0 bridgehead atoms. The number of hydrogen-bond donors (Lipinski definition) is 0. The Hall–Kier alpha value is -2.39. The van der Waals surface area contributed by atoms with Crippen molar-refractivity contribution in [3.05, 3.63) is 78.1 Å². The maximum absolute atomic E-state index is 13.1. The quantitative estimate of drug-likeness (QED) is 0.746. The maximum atomic E-state index is 13.1. The number of allylic oxidation sites excluding steroid dienone is 4. The number of hydrogen-bond acceptors (Lipinski definition) is 3. The zero-order valence-corrected chi connectivity index (χ0v) is 13.6. The van der Waals surface area contributed by atoms with E-state index in [2.05, 4.69) is 6.58 Å². The van der Waals surface area contributed by atoms with Gasteiger partial charge in [0.05, 0.1) is 18.1 Å². The summed E-state index contributed by atoms with van der Waals surface area (Å²) in [4.78, 5) is 13.1. The van der Waals surface area contributed by atoms with Gasteiger partial charge in [-0.2, -0.15) is 0 Å². The van der Waals surface area contributed by atoms with E-state index in [1.165, 1.54) is 0 Å². The summed E-state index contributed by atoms with van der Waals surface area (Å²) < 4.78 is 10.9. The molecule has 1 aromatic carbocycles. The first-order valence-electron chi connectivity index (χ1n) is 7.63. The normalized spacial score (nSPS) is 19.1. The fourth-order valence-electron chi connectivity index (χ4n) is 2.61. The van der Waals surface area contributed by atoms with E-state index in [1.54, 1.807) is 13.2 Å². The van der Waals surface area contributed by atoms with Crippen LogP contribution in [0.15, 0.2) is 72.5 Å². The molecule has 0 saturated carbocycles. The third kappa shape index (κ3) is 3.88. The Labute approximate surface area is 137 Å². The largest absolute Gasteiger partial charge is 0.492 e. The third-order valence-electron chi connectivity index (χ3n) is 3.71. The molecule has 120 valence electrons. The van der Waals surface area contributed by atoms with Crippen LogP contribution in [0.3, 0.4) is 0 Å². The van der Waals surface area contributed by atoms with Crippen molar-refractivity contribution in [1.82, 2.24) is 0 Å². The van der Waals surface area contributed by atoms with Crippen LogP contribution >= 0.6 is 0 Å². The molecule has 1 atom stereocenters. The topological polar surface area (TPSA) is 35.5 Å². The van der Waals surface area contributed by atoms with Gasteiger partial charge in [0.25, 0.3) is 0 Å². The molecular formula is C20H22O3. The van der Waals surface area contributed by atoms with Crippen molar-refractivity contribution in [2.24, 2.45) is 5.92 Å². The van der Waals surface area contributed by atoms with Crippen LogP contribution in [0.1, 0.15) is 12.5 Å². The van der Waals surface area contributed by atoms with Gasteiger partial charge in [0.1, 0.15) is 12.4 Å². The smallest absolute Gasteiger partial charge is 0.178 e. The van der Waals surface area contributed by atoms with Crippen LogP contribution in [0, 0.1) is 5.92 Å². The van der Waals surface area contributed by atoms with E-state index in [1.807, 2.05) is 55.5 Å². The number of methoxy groups -OCH3 is 1. The molecule has 23 heavy (non-hydrogen) atoms. The Kier molecular flexibility index (Phi) is 6.12. The van der Waals surface area contributed by atoms with E-state index < -0.39 is 0 Å². The van der Waals surface area contributed by atoms with Gasteiger partial charge in [0, 0.05) is 7.11 Å². The van der Waals surface area contributed by atoms with Crippen LogP contribution in [-0.2, 0) is 14.3 Å². The highest BCUT2D eigenvalue weighted by atomic mass is 16.5. The standard InChI is InChI=1S/C20H22O3/c1-4-9-15(12-13-22-3)17-14-23-18(5-2)19(20(17)21)16-10-7-6-8-11-16/h4-12,17H,2,13-14H2,1,3H3/b9-4-,15-12+. The minimum absolute atomic E-state index is 0.0535. The molecule has 3 nitrogen and oxygen atoms in total. The number of carbonyl (C=O) groups is 1. The third-order valence-corrected chi connectivity index (χ3v) is 3.71. The molecule has 0 radical (unpaired) electrons. The lowest BCUT2D eigenvalue weighted by Gasteiger charge is -2.26. The van der Waals surface area contributed by atoms with E-state index in [-0.39, 0.29) is 11.7 Å². The summed E-state index contributed by atoms with van der Waals surface area (Å²) in [5.41, 5.74) is 2.35. The van der Waals surface area contributed by atoms with Crippen molar-refractivity contribution in [1.29, 1.82) is 0 Å². The first kappa shape index (κ1) is 17.0. The minimum atomic E-state index is -0.333. The molecule has 2 rings (SSSR count). The molecule has 0 aliphatic carbocycles. The fraction of sp³-hybridized carbons (Fsp3) is 0.250. The summed E-state index contributed by atoms with van der Waals surface area (Å²) in [6.07, 6.45) is 7.38. The van der Waals surface area contributed by atoms with Crippen LogP contribution in [0.2, 0.25) is 0 Å². The number of rotatable bonds is 6. The van der Waals surface area contributed by atoms with Crippen LogP contribution in [0.5, 0.6) is 0 Å². The van der Waals surface area contributed by atoms with Crippen molar-refractivity contribution in [3.8, 4) is 0 Å². The Morgan fingerprint density at radius 2 is 2.13 bits per heavy atom. The van der Waals surface area contributed by atoms with Gasteiger partial charge in [-0.3, -0.25) is 4.79 Å². The van der Waals surface area contributed by atoms with E-state index in [0.29, 0.717) is 24.5 Å². The van der Waals surface area contributed by atoms with Gasteiger partial charge in [-0.15, -0.1) is 0 Å². The first-order chi connectivity index (χ1) is 11.2. The summed E-state index contributed by atoms with van der Waals surface area (Å²) in [5, 5.41) is 0. The van der Waals surface area contributed by atoms with Gasteiger partial charge in [0.2, 0.25) is 0 Å². The Bertz CT molecular complexity index is 651. The lowest BCUT2D eigenvalue weighted by atomic mass is 9.85. The minimum Gasteiger partial charge on any atom is -0.492 e. The number of Topliss-reactive ketones (excluding diaryl/α,β-unsaturated/α-hetero) is 1. The summed E-state index contributed by atoms with van der Waals surface area (Å²) >= 11 is 0. The Balaban J connectivity index is 2.43. The molecule has 0 saturated heterocycles. The van der Waals surface area contributed by atoms with Crippen LogP contribution in [-0.4, -0.2) is 26.1 Å². The van der Waals surface area contributed by atoms with Crippen LogP contribution in [0.4, 0.5) is 0 Å². The van der Waals surface area contributed by atoms with Crippen molar-refractivity contribution in [3.63, 3.8) is 0 Å². The molecule has 3 heteroatoms. The van der Waals surface area contributed by atoms with Crippen molar-refractivity contribution in [2.45, 2.75) is 6.92 Å². The molecule has 1 unspecified atom stereocenters. The molecule has 0 aromatic heterocycles. The Morgan fingerprint density at radius 1 is 1.39 bits per heavy atom. The SMILES string of the molecule is C=CC1=C(c2ccccc2)C(=O)C(C(/C=C\C)=C/COC)CO1. The lowest BCUT2D eigenvalue weighted by Crippen LogP contribution is -2.28. The monoisotopic (exact) mass is 310 g/mol. The molecule has 1 heterocycles. The zero-order valence-electron chi connectivity index (χ0n) is 13.6. The van der Waals surface area contributed by atoms with Gasteiger partial charge in [0.15, 0.2) is 5.78 Å². The van der Waals surface area contributed by atoms with E-state index in [0.717, 1.165) is 11.1 Å². The Morgan fingerprint density at radius 3 is 2.74 bits per heavy atom. The van der Waals surface area contributed by atoms with E-state index >= 15 is 0 Å². The molecule has 1 aliphatic rings. The average Bonchev–Trinajstić information content (AvgIpc) is 2.59. The lowest BCUT2D eigenvalue weighted by molar-refractivity contribution is -0.118. The van der Waals surface area contributed by atoms with E-state index in [9.17, 15) is 4.79 Å². The van der Waals surface area contributed by atoms with Gasteiger partial charge in [-0.05, 0) is 24.1 Å². The van der Waals surface area contributed by atoms with Gasteiger partial charge in [-0.1, -0.05) is 55.1 Å². The molecule has 0 N–H and O–H groups in total. The highest BCUT2D eigenvalue weighted by Gasteiger charge is 2.32. The molecule has 1 aromatic rings. The maximum Gasteiger partial charge on any atom is 0.178 e. The highest BCUT2D eigenvalue weighted by Crippen LogP contribution is 2.32. The summed E-state index contributed by atoms with van der Waals surface area (Å²) in [7, 11) is 1.63.